The molecule has 0 bridgehead atoms. The minimum atomic E-state index is -0.946. The van der Waals surface area contributed by atoms with Gasteiger partial charge in [-0.05, 0) is 30.5 Å². The zero-order valence-electron chi connectivity index (χ0n) is 29.3. The van der Waals surface area contributed by atoms with Gasteiger partial charge in [-0.3, -0.25) is 19.3 Å². The quantitative estimate of drug-likeness (QED) is 0.155. The van der Waals surface area contributed by atoms with Gasteiger partial charge in [0.15, 0.2) is 16.7 Å². The minimum absolute atomic E-state index is 0.0410. The number of carboxylic acid groups (broad SMARTS) is 1. The van der Waals surface area contributed by atoms with Gasteiger partial charge in [0.1, 0.15) is 42.6 Å². The van der Waals surface area contributed by atoms with Crippen LogP contribution in [0.25, 0.3) is 10.9 Å². The Labute approximate surface area is 310 Å². The van der Waals surface area contributed by atoms with Crippen molar-refractivity contribution in [1.82, 2.24) is 24.7 Å². The molecule has 3 aliphatic rings. The molecule has 15 nitrogen and oxygen atoms in total. The van der Waals surface area contributed by atoms with E-state index >= 15 is 4.39 Å². The highest BCUT2D eigenvalue weighted by Crippen LogP contribution is 2.40. The summed E-state index contributed by atoms with van der Waals surface area (Å²) in [5.74, 6) is -4.07. The van der Waals surface area contributed by atoms with E-state index in [-0.39, 0.29) is 40.3 Å². The number of carbonyl (C=O) groups is 3. The van der Waals surface area contributed by atoms with Gasteiger partial charge in [-0.15, -0.1) is 23.1 Å². The molecule has 0 aliphatic carbocycles. The number of aromatic nitrogens is 2. The first-order valence-corrected chi connectivity index (χ1v) is 18.3. The average Bonchev–Trinajstić information content (AvgIpc) is 3.56. The number of alkyl halides is 1. The molecule has 1 aromatic carbocycles. The monoisotopic (exact) mass is 780 g/mol. The summed E-state index contributed by atoms with van der Waals surface area (Å²) in [7, 11) is 4.35. The number of nitrogens with two attached hydrogens (primary N) is 1. The second-order valence-electron chi connectivity index (χ2n) is 12.2. The number of halogens is 3. The summed E-state index contributed by atoms with van der Waals surface area (Å²) in [5.41, 5.74) is 5.16. The minimum Gasteiger partial charge on any atom is -0.480 e. The van der Waals surface area contributed by atoms with Gasteiger partial charge in [0.2, 0.25) is 5.43 Å². The Bertz CT molecular complexity index is 2000. The number of anilines is 2. The average molecular weight is 781 g/mol. The van der Waals surface area contributed by atoms with Crippen molar-refractivity contribution in [3.8, 4) is 0 Å². The van der Waals surface area contributed by atoms with Crippen molar-refractivity contribution in [3.63, 3.8) is 0 Å². The molecular weight excluding hydrogens is 742 g/mol. The first-order chi connectivity index (χ1) is 25.3. The number of thiazole rings is 1. The number of likely N-dealkylation sites (N-methyl/N-ethyl adjacent to an activating group) is 1. The van der Waals surface area contributed by atoms with Crippen LogP contribution in [0.15, 0.2) is 38.6 Å². The molecule has 0 saturated carbocycles. The van der Waals surface area contributed by atoms with E-state index in [4.69, 9.17) is 10.6 Å². The summed E-state index contributed by atoms with van der Waals surface area (Å²) in [5, 5.41) is 19.6. The molecule has 1 unspecified atom stereocenters. The number of methoxy groups -OCH3 is 1. The molecule has 3 atom stereocenters. The molecule has 5 heterocycles. The molecule has 4 N–H and O–H groups in total. The number of pyridine rings is 1. The number of hydrogen-bond acceptors (Lipinski definition) is 14. The van der Waals surface area contributed by atoms with Crippen LogP contribution < -0.4 is 21.4 Å². The third-order valence-electron chi connectivity index (χ3n) is 9.02. The number of nitrogen functional groups attached to an aromatic ring is 1. The van der Waals surface area contributed by atoms with Crippen molar-refractivity contribution in [2.75, 3.05) is 71.3 Å². The van der Waals surface area contributed by atoms with Gasteiger partial charge in [0, 0.05) is 44.3 Å². The van der Waals surface area contributed by atoms with Crippen LogP contribution in [0.4, 0.5) is 24.0 Å². The van der Waals surface area contributed by atoms with Gasteiger partial charge >= 0.3 is 11.9 Å². The largest absolute Gasteiger partial charge is 0.480 e. The lowest BCUT2D eigenvalue weighted by atomic mass is 9.97. The predicted molar refractivity (Wildman–Crippen MR) is 195 cm³/mol. The van der Waals surface area contributed by atoms with Crippen LogP contribution in [0, 0.1) is 11.6 Å². The van der Waals surface area contributed by atoms with Crippen molar-refractivity contribution in [3.05, 3.63) is 61.7 Å². The third-order valence-corrected chi connectivity index (χ3v) is 11.0. The number of amides is 1. The molecule has 0 spiro atoms. The Hall–Kier alpha value is -4.66. The van der Waals surface area contributed by atoms with Gasteiger partial charge < -0.3 is 40.1 Å². The normalized spacial score (nSPS) is 20.4. The number of hydrogen-bond donors (Lipinski definition) is 3. The highest BCUT2D eigenvalue weighted by molar-refractivity contribution is 8.02. The van der Waals surface area contributed by atoms with E-state index in [1.807, 2.05) is 29.2 Å². The number of esters is 1. The molecule has 20 heteroatoms. The lowest BCUT2D eigenvalue weighted by Crippen LogP contribution is -2.70. The standard InChI is InChI=1S/C18H20F3N3O3.C15H19N5O4S2/c1-22-5-7-23(8-6-22)16-13(20)9-11-15(14(16)21)24(4-3-19)10-12(17(11)25)18(26)27-2;1-3-7-5-25-13-8(4-20(13)11(7)14(22)23)17-12(21)10(19-24-2)9-6-26-15(16)18-9/h9-10H,3-8H2,1-2H3;5-6,8,11,13H,3-4H2,1-2H3,(H2,16,18)(H,17,21)(H,22,23)/b;19-10+/t;8-,11?,13-/m.1/s1. The third kappa shape index (κ3) is 8.14. The summed E-state index contributed by atoms with van der Waals surface area (Å²) in [6, 6.07) is 0.0853. The number of ether oxygens (including phenoxy) is 1. The van der Waals surface area contributed by atoms with Gasteiger partial charge in [0.25, 0.3) is 5.91 Å². The smallest absolute Gasteiger partial charge is 0.343 e. The maximum absolute atomic E-state index is 15.3. The first-order valence-electron chi connectivity index (χ1n) is 16.4. The van der Waals surface area contributed by atoms with E-state index in [1.165, 1.54) is 30.2 Å². The number of fused-ring (bicyclic) bond motifs is 2. The Kier molecular flexibility index (Phi) is 12.7. The highest BCUT2D eigenvalue weighted by atomic mass is 32.2. The van der Waals surface area contributed by atoms with Crippen LogP contribution in [-0.2, 0) is 25.7 Å². The molecule has 2 saturated heterocycles. The molecule has 0 radical (unpaired) electrons. The zero-order valence-corrected chi connectivity index (χ0v) is 30.9. The predicted octanol–water partition coefficient (Wildman–Crippen LogP) is 2.48. The number of piperazine rings is 1. The zero-order chi connectivity index (χ0) is 38.6. The van der Waals surface area contributed by atoms with E-state index in [0.717, 1.165) is 29.5 Å². The second-order valence-corrected chi connectivity index (χ2v) is 14.1. The van der Waals surface area contributed by atoms with Crippen molar-refractivity contribution in [2.24, 2.45) is 5.16 Å². The first kappa shape index (κ1) is 39.5. The Morgan fingerprint density at radius 2 is 1.91 bits per heavy atom. The van der Waals surface area contributed by atoms with Crippen LogP contribution in [0.1, 0.15) is 29.4 Å². The molecule has 1 amide bonds. The van der Waals surface area contributed by atoms with Gasteiger partial charge in [0.05, 0.1) is 36.0 Å². The van der Waals surface area contributed by atoms with E-state index in [9.17, 15) is 33.1 Å². The molecule has 2 fully saturated rings. The lowest BCUT2D eigenvalue weighted by Gasteiger charge is -2.52. The number of aryl methyl sites for hydroxylation is 1. The van der Waals surface area contributed by atoms with Crippen molar-refractivity contribution in [2.45, 2.75) is 37.3 Å². The molecule has 6 rings (SSSR count). The number of carbonyl (C=O) groups excluding carboxylic acids is 2. The van der Waals surface area contributed by atoms with Crippen molar-refractivity contribution < 1.29 is 42.2 Å². The Morgan fingerprint density at radius 1 is 1.19 bits per heavy atom. The Balaban J connectivity index is 0.000000204. The number of carboxylic acids is 1. The van der Waals surface area contributed by atoms with Crippen molar-refractivity contribution in [1.29, 1.82) is 0 Å². The van der Waals surface area contributed by atoms with E-state index in [2.05, 4.69) is 20.2 Å². The van der Waals surface area contributed by atoms with Gasteiger partial charge in [-0.2, -0.15) is 0 Å². The number of nitrogens with zero attached hydrogens (tertiary/aromatic N) is 6. The second kappa shape index (κ2) is 17.0. The molecule has 53 heavy (non-hydrogen) atoms. The van der Waals surface area contributed by atoms with Gasteiger partial charge in [-0.25, -0.2) is 22.9 Å². The number of aliphatic carboxylic acids is 1. The summed E-state index contributed by atoms with van der Waals surface area (Å²) in [4.78, 5) is 62.9. The molecule has 3 aliphatic heterocycles. The maximum Gasteiger partial charge on any atom is 0.343 e. The molecule has 3 aromatic rings. The van der Waals surface area contributed by atoms with Gasteiger partial charge in [-0.1, -0.05) is 12.1 Å². The SMILES string of the molecule is CCC1=CS[C@@H]2[C@H](NC(=O)/C(=N/OC)c3csc(N)n3)CN2C1C(=O)O.COC(=O)c1cn(CCF)c2c(F)c(N3CCN(C)CC3)c(F)cc2c1=O. The topological polar surface area (TPSA) is 185 Å². The van der Waals surface area contributed by atoms with Crippen molar-refractivity contribution >= 4 is 68.4 Å². The van der Waals surface area contributed by atoms with Crippen LogP contribution in [0.5, 0.6) is 0 Å². The summed E-state index contributed by atoms with van der Waals surface area (Å²) in [6.07, 6.45) is 1.74. The summed E-state index contributed by atoms with van der Waals surface area (Å²) in [6.45, 7) is 3.37. The fourth-order valence-corrected chi connectivity index (χ4v) is 8.18. The van der Waals surface area contributed by atoms with Crippen LogP contribution in [0.2, 0.25) is 0 Å². The fourth-order valence-electron chi connectivity index (χ4n) is 6.32. The molecule has 286 valence electrons. The number of rotatable bonds is 10. The Morgan fingerprint density at radius 3 is 2.49 bits per heavy atom. The van der Waals surface area contributed by atoms with E-state index in [0.29, 0.717) is 50.0 Å². The lowest BCUT2D eigenvalue weighted by molar-refractivity contribution is -0.144. The number of oxime groups is 1. The van der Waals surface area contributed by atoms with Crippen LogP contribution >= 0.6 is 23.1 Å². The number of nitrogens with one attached hydrogen (secondary N) is 1. The summed E-state index contributed by atoms with van der Waals surface area (Å²) >= 11 is 2.73. The number of benzene rings is 1. The molecular formula is C33H39F3N8O7S2. The summed E-state index contributed by atoms with van der Waals surface area (Å²) < 4.78 is 48.7. The molecule has 2 aromatic heterocycles. The van der Waals surface area contributed by atoms with E-state index < -0.39 is 53.2 Å². The van der Waals surface area contributed by atoms with E-state index in [1.54, 1.807) is 10.3 Å². The van der Waals surface area contributed by atoms with Crippen LogP contribution in [-0.4, -0.2) is 126 Å². The highest BCUT2D eigenvalue weighted by Gasteiger charge is 2.49. The fraction of sp³-hybridized carbons (Fsp3) is 0.455. The number of thioether (sulfide) groups is 1. The van der Waals surface area contributed by atoms with Crippen LogP contribution in [0.3, 0.4) is 0 Å². The maximum atomic E-state index is 15.3.